The summed E-state index contributed by atoms with van der Waals surface area (Å²) >= 11 is 0. The maximum absolute atomic E-state index is 5.98. The number of aromatic nitrogens is 1. The van der Waals surface area contributed by atoms with E-state index in [1.165, 1.54) is 41.0 Å². The summed E-state index contributed by atoms with van der Waals surface area (Å²) in [5.74, 6) is 1.24. The van der Waals surface area contributed by atoms with Crippen molar-refractivity contribution < 1.29 is 9.47 Å². The molecule has 2 bridgehead atoms. The van der Waals surface area contributed by atoms with Gasteiger partial charge in [0, 0.05) is 32.0 Å². The van der Waals surface area contributed by atoms with Gasteiger partial charge >= 0.3 is 0 Å². The maximum Gasteiger partial charge on any atom is 0.132 e. The third kappa shape index (κ3) is 5.80. The highest BCUT2D eigenvalue weighted by Gasteiger charge is 2.17. The number of benzene rings is 1. The molecule has 29 heavy (non-hydrogen) atoms. The average molecular weight is 395 g/mol. The van der Waals surface area contributed by atoms with E-state index in [2.05, 4.69) is 41.3 Å². The van der Waals surface area contributed by atoms with Gasteiger partial charge in [-0.05, 0) is 74.1 Å². The van der Waals surface area contributed by atoms with E-state index in [-0.39, 0.29) is 0 Å². The Labute approximate surface area is 175 Å². The molecule has 4 nitrogen and oxygen atoms in total. The van der Waals surface area contributed by atoms with Gasteiger partial charge in [-0.2, -0.15) is 0 Å². The summed E-state index contributed by atoms with van der Waals surface area (Å²) in [6, 6.07) is 13.1. The summed E-state index contributed by atoms with van der Waals surface area (Å²) in [5.41, 5.74) is 5.14. The first-order valence-corrected chi connectivity index (χ1v) is 11.4. The molecule has 0 unspecified atom stereocenters. The van der Waals surface area contributed by atoms with Crippen LogP contribution in [0, 0.1) is 0 Å². The van der Waals surface area contributed by atoms with Gasteiger partial charge in [0.1, 0.15) is 5.82 Å². The molecule has 0 aliphatic carbocycles. The fourth-order valence-corrected chi connectivity index (χ4v) is 4.29. The van der Waals surface area contributed by atoms with Crippen molar-refractivity contribution >= 4 is 5.82 Å². The van der Waals surface area contributed by atoms with E-state index in [4.69, 9.17) is 14.5 Å². The molecular weight excluding hydrogens is 360 g/mol. The molecule has 0 atom stereocenters. The van der Waals surface area contributed by atoms with Crippen LogP contribution in [0.3, 0.4) is 0 Å². The molecule has 4 heteroatoms. The Morgan fingerprint density at radius 1 is 0.655 bits per heavy atom. The van der Waals surface area contributed by atoms with Crippen molar-refractivity contribution in [2.24, 2.45) is 0 Å². The van der Waals surface area contributed by atoms with Gasteiger partial charge in [0.05, 0.1) is 13.2 Å². The third-order valence-corrected chi connectivity index (χ3v) is 6.01. The first kappa shape index (κ1) is 20.4. The molecule has 1 saturated heterocycles. The molecule has 1 aromatic heterocycles. The number of hydrogen-bond acceptors (Lipinski definition) is 4. The smallest absolute Gasteiger partial charge is 0.132 e. The zero-order valence-corrected chi connectivity index (χ0v) is 17.6. The second-order valence-electron chi connectivity index (χ2n) is 8.27. The molecule has 4 heterocycles. The van der Waals surface area contributed by atoms with Crippen LogP contribution in [-0.2, 0) is 35.5 Å². The van der Waals surface area contributed by atoms with Crippen LogP contribution >= 0.6 is 0 Å². The minimum Gasteiger partial charge on any atom is -0.377 e. The van der Waals surface area contributed by atoms with Crippen molar-refractivity contribution in [1.29, 1.82) is 0 Å². The summed E-state index contributed by atoms with van der Waals surface area (Å²) in [7, 11) is 0. The Balaban J connectivity index is 1.43. The van der Waals surface area contributed by atoms with Gasteiger partial charge in [-0.1, -0.05) is 30.3 Å². The fourth-order valence-electron chi connectivity index (χ4n) is 4.29. The monoisotopic (exact) mass is 394 g/mol. The van der Waals surface area contributed by atoms with E-state index >= 15 is 0 Å². The Morgan fingerprint density at radius 2 is 1.31 bits per heavy atom. The van der Waals surface area contributed by atoms with Gasteiger partial charge < -0.3 is 14.4 Å². The van der Waals surface area contributed by atoms with Gasteiger partial charge in [-0.25, -0.2) is 4.98 Å². The van der Waals surface area contributed by atoms with Crippen molar-refractivity contribution in [2.75, 3.05) is 31.2 Å². The Morgan fingerprint density at radius 3 is 2.00 bits per heavy atom. The molecule has 3 aliphatic rings. The lowest BCUT2D eigenvalue weighted by Crippen LogP contribution is -2.21. The highest BCUT2D eigenvalue weighted by atomic mass is 16.5. The lowest BCUT2D eigenvalue weighted by Gasteiger charge is -2.21. The number of ether oxygens (including phenoxy) is 2. The third-order valence-electron chi connectivity index (χ3n) is 6.01. The van der Waals surface area contributed by atoms with E-state index in [1.54, 1.807) is 0 Å². The van der Waals surface area contributed by atoms with Crippen LogP contribution in [0.15, 0.2) is 36.4 Å². The van der Waals surface area contributed by atoms with Crippen molar-refractivity contribution in [3.8, 4) is 0 Å². The molecule has 0 saturated carbocycles. The number of pyridine rings is 1. The number of nitrogens with zero attached hydrogens (tertiary/aromatic N) is 2. The Bertz CT molecular complexity index is 771. The van der Waals surface area contributed by atoms with Gasteiger partial charge in [-0.15, -0.1) is 0 Å². The molecule has 0 amide bonds. The fraction of sp³-hybridized carbons (Fsp3) is 0.560. The van der Waals surface area contributed by atoms with Crippen LogP contribution in [0.5, 0.6) is 0 Å². The van der Waals surface area contributed by atoms with Crippen LogP contribution in [0.1, 0.15) is 60.9 Å². The van der Waals surface area contributed by atoms with Crippen LogP contribution in [0.25, 0.3) is 0 Å². The normalized spacial score (nSPS) is 19.5. The highest BCUT2D eigenvalue weighted by molar-refractivity contribution is 5.48. The van der Waals surface area contributed by atoms with Gasteiger partial charge in [0.25, 0.3) is 0 Å². The van der Waals surface area contributed by atoms with Crippen LogP contribution in [0.4, 0.5) is 5.82 Å². The molecule has 0 spiro atoms. The van der Waals surface area contributed by atoms with E-state index < -0.39 is 0 Å². The zero-order valence-electron chi connectivity index (χ0n) is 17.6. The van der Waals surface area contributed by atoms with Crippen molar-refractivity contribution in [2.45, 2.75) is 64.6 Å². The number of hydrogen-bond donors (Lipinski definition) is 0. The Kier molecular flexibility index (Phi) is 7.55. The first-order valence-electron chi connectivity index (χ1n) is 11.4. The van der Waals surface area contributed by atoms with Crippen LogP contribution < -0.4 is 4.90 Å². The minimum atomic E-state index is 0.672. The molecule has 0 N–H and O–H groups in total. The molecule has 156 valence electrons. The predicted octanol–water partition coefficient (Wildman–Crippen LogP) is 5.07. The minimum absolute atomic E-state index is 0.672. The van der Waals surface area contributed by atoms with E-state index in [0.29, 0.717) is 13.2 Å². The molecular formula is C25H34N2O2. The van der Waals surface area contributed by atoms with E-state index in [9.17, 15) is 0 Å². The molecule has 0 radical (unpaired) electrons. The standard InChI is InChI=1S/C25H34N2O2/c1-2-11-23-20-29-18-8-4-12-24-14-13-21(25(26-24)27-15-5-6-16-27)9-3-7-17-28-19-22(23)10-1/h1-2,10-11,13-14H,3-9,12,15-20H2. The maximum atomic E-state index is 5.98. The summed E-state index contributed by atoms with van der Waals surface area (Å²) in [5, 5.41) is 0. The first-order chi connectivity index (χ1) is 14.4. The molecule has 1 fully saturated rings. The van der Waals surface area contributed by atoms with Gasteiger partial charge in [0.15, 0.2) is 0 Å². The van der Waals surface area contributed by atoms with Gasteiger partial charge in [0.2, 0.25) is 0 Å². The summed E-state index contributed by atoms with van der Waals surface area (Å²) in [4.78, 5) is 7.58. The molecule has 3 aliphatic heterocycles. The van der Waals surface area contributed by atoms with E-state index in [1.807, 2.05) is 0 Å². The van der Waals surface area contributed by atoms with Crippen LogP contribution in [-0.4, -0.2) is 31.3 Å². The van der Waals surface area contributed by atoms with Crippen molar-refractivity contribution in [3.63, 3.8) is 0 Å². The quantitative estimate of drug-likeness (QED) is 0.676. The molecule has 5 rings (SSSR count). The number of anilines is 1. The number of rotatable bonds is 1. The average Bonchev–Trinajstić information content (AvgIpc) is 3.29. The zero-order chi connectivity index (χ0) is 19.7. The second kappa shape index (κ2) is 10.7. The molecule has 1 aromatic carbocycles. The SMILES string of the molecule is c1ccc2c(c1)COCCCCc1ccc(c(N3CCCC3)n1)CCCCOC2. The van der Waals surface area contributed by atoms with Crippen LogP contribution in [0.2, 0.25) is 0 Å². The Hall–Kier alpha value is -1.91. The largest absolute Gasteiger partial charge is 0.377 e. The van der Waals surface area contributed by atoms with Crippen molar-refractivity contribution in [1.82, 2.24) is 4.98 Å². The summed E-state index contributed by atoms with van der Waals surface area (Å²) in [6.07, 6.45) is 9.13. The topological polar surface area (TPSA) is 34.6 Å². The number of aryl methyl sites for hydroxylation is 2. The second-order valence-corrected chi connectivity index (χ2v) is 8.27. The lowest BCUT2D eigenvalue weighted by atomic mass is 10.1. The predicted molar refractivity (Wildman–Crippen MR) is 117 cm³/mol. The summed E-state index contributed by atoms with van der Waals surface area (Å²) in [6.45, 7) is 5.26. The van der Waals surface area contributed by atoms with Crippen molar-refractivity contribution in [3.05, 3.63) is 58.8 Å². The number of fused-ring (bicyclic) bond motifs is 12. The summed E-state index contributed by atoms with van der Waals surface area (Å²) < 4.78 is 11.9. The molecule has 2 aromatic rings. The van der Waals surface area contributed by atoms with Gasteiger partial charge in [-0.3, -0.25) is 0 Å². The van der Waals surface area contributed by atoms with E-state index in [0.717, 1.165) is 64.8 Å². The highest BCUT2D eigenvalue weighted by Crippen LogP contribution is 2.25. The lowest BCUT2D eigenvalue weighted by molar-refractivity contribution is 0.104.